The van der Waals surface area contributed by atoms with Crippen LogP contribution in [0.4, 0.5) is 0 Å². The quantitative estimate of drug-likeness (QED) is 0.836. The molecule has 0 radical (unpaired) electrons. The zero-order chi connectivity index (χ0) is 16.4. The van der Waals surface area contributed by atoms with Crippen LogP contribution in [0.5, 0.6) is 0 Å². The molecule has 1 saturated heterocycles. The van der Waals surface area contributed by atoms with Crippen LogP contribution in [0, 0.1) is 5.92 Å². The highest BCUT2D eigenvalue weighted by atomic mass is 32.2. The zero-order valence-electron chi connectivity index (χ0n) is 13.1. The van der Waals surface area contributed by atoms with E-state index < -0.39 is 10.0 Å². The summed E-state index contributed by atoms with van der Waals surface area (Å²) in [7, 11) is -3.46. The molecule has 0 atom stereocenters. The minimum Gasteiger partial charge on any atom is -0.339 e. The summed E-state index contributed by atoms with van der Waals surface area (Å²) in [4.78, 5) is 14.5. The number of hydrogen-bond donors (Lipinski definition) is 2. The maximum absolute atomic E-state index is 12.5. The topological polar surface area (TPSA) is 92.5 Å². The Hall–Kier alpha value is -1.44. The first kappa shape index (κ1) is 16.4. The molecule has 2 fully saturated rings. The number of hydrogen-bond acceptors (Lipinski definition) is 4. The lowest BCUT2D eigenvalue weighted by Crippen LogP contribution is -2.40. The van der Waals surface area contributed by atoms with Gasteiger partial charge in [0.15, 0.2) is 0 Å². The maximum atomic E-state index is 12.5. The van der Waals surface area contributed by atoms with Crippen molar-refractivity contribution in [3.63, 3.8) is 0 Å². The largest absolute Gasteiger partial charge is 0.339 e. The van der Waals surface area contributed by atoms with Crippen molar-refractivity contribution in [1.82, 2.24) is 9.62 Å². The summed E-state index contributed by atoms with van der Waals surface area (Å²) < 4.78 is 26.9. The first-order valence-electron chi connectivity index (χ1n) is 8.11. The van der Waals surface area contributed by atoms with E-state index in [0.29, 0.717) is 31.1 Å². The number of likely N-dealkylation sites (tertiary alicyclic amines) is 1. The number of carbonyl (C=O) groups excluding carboxylic acids is 1. The number of benzene rings is 1. The Balaban J connectivity index is 1.66. The molecule has 6 nitrogen and oxygen atoms in total. The molecule has 0 bridgehead atoms. The van der Waals surface area contributed by atoms with Gasteiger partial charge in [-0.1, -0.05) is 0 Å². The third kappa shape index (κ3) is 3.91. The smallest absolute Gasteiger partial charge is 0.253 e. The van der Waals surface area contributed by atoms with Crippen molar-refractivity contribution in [2.24, 2.45) is 11.7 Å². The van der Waals surface area contributed by atoms with Crippen molar-refractivity contribution in [2.75, 3.05) is 19.6 Å². The second kappa shape index (κ2) is 6.59. The minimum atomic E-state index is -3.46. The van der Waals surface area contributed by atoms with E-state index in [2.05, 4.69) is 4.72 Å². The summed E-state index contributed by atoms with van der Waals surface area (Å²) in [6.45, 7) is 2.09. The summed E-state index contributed by atoms with van der Waals surface area (Å²) in [5.41, 5.74) is 6.20. The monoisotopic (exact) mass is 337 g/mol. The van der Waals surface area contributed by atoms with Gasteiger partial charge < -0.3 is 10.6 Å². The minimum absolute atomic E-state index is 0.0421. The van der Waals surface area contributed by atoms with Crippen LogP contribution in [0.2, 0.25) is 0 Å². The van der Waals surface area contributed by atoms with Gasteiger partial charge in [0, 0.05) is 24.7 Å². The van der Waals surface area contributed by atoms with Gasteiger partial charge in [-0.15, -0.1) is 0 Å². The van der Waals surface area contributed by atoms with Crippen molar-refractivity contribution in [3.05, 3.63) is 29.8 Å². The first-order chi connectivity index (χ1) is 11.0. The van der Waals surface area contributed by atoms with Gasteiger partial charge in [-0.2, -0.15) is 0 Å². The lowest BCUT2D eigenvalue weighted by Gasteiger charge is -2.31. The fraction of sp³-hybridized carbons (Fsp3) is 0.562. The van der Waals surface area contributed by atoms with Gasteiger partial charge in [0.25, 0.3) is 5.91 Å². The van der Waals surface area contributed by atoms with Crippen molar-refractivity contribution in [3.8, 4) is 0 Å². The van der Waals surface area contributed by atoms with Crippen LogP contribution < -0.4 is 10.5 Å². The van der Waals surface area contributed by atoms with Crippen LogP contribution in [0.1, 0.15) is 36.0 Å². The number of piperidine rings is 1. The number of rotatable bonds is 5. The standard InChI is InChI=1S/C16H23N3O3S/c17-11-12-7-9-19(10-8-12)16(20)13-1-5-15(6-2-13)23(21,22)18-14-3-4-14/h1-2,5-6,12,14,18H,3-4,7-11,17H2. The molecule has 0 unspecified atom stereocenters. The molecule has 1 heterocycles. The predicted octanol–water partition coefficient (Wildman–Crippen LogP) is 0.938. The molecule has 2 aliphatic rings. The predicted molar refractivity (Wildman–Crippen MR) is 87.5 cm³/mol. The van der Waals surface area contributed by atoms with Crippen molar-refractivity contribution < 1.29 is 13.2 Å². The van der Waals surface area contributed by atoms with Crippen LogP contribution in [0.3, 0.4) is 0 Å². The summed E-state index contributed by atoms with van der Waals surface area (Å²) in [6.07, 6.45) is 3.66. The van der Waals surface area contributed by atoms with Gasteiger partial charge in [-0.3, -0.25) is 4.79 Å². The van der Waals surface area contributed by atoms with E-state index in [1.54, 1.807) is 12.1 Å². The highest BCUT2D eigenvalue weighted by molar-refractivity contribution is 7.89. The Kier molecular flexibility index (Phi) is 4.70. The second-order valence-corrected chi connectivity index (χ2v) is 8.11. The summed E-state index contributed by atoms with van der Waals surface area (Å²) in [5.74, 6) is 0.458. The van der Waals surface area contributed by atoms with Gasteiger partial charge in [0.1, 0.15) is 0 Å². The second-order valence-electron chi connectivity index (χ2n) is 6.39. The number of nitrogens with two attached hydrogens (primary N) is 1. The molecule has 1 amide bonds. The number of sulfonamides is 1. The Morgan fingerprint density at radius 1 is 1.13 bits per heavy atom. The van der Waals surface area contributed by atoms with E-state index in [1.807, 2.05) is 4.90 Å². The van der Waals surface area contributed by atoms with E-state index in [-0.39, 0.29) is 16.8 Å². The van der Waals surface area contributed by atoms with E-state index in [0.717, 1.165) is 25.7 Å². The van der Waals surface area contributed by atoms with Crippen molar-refractivity contribution in [2.45, 2.75) is 36.6 Å². The highest BCUT2D eigenvalue weighted by Gasteiger charge is 2.28. The molecule has 3 N–H and O–H groups in total. The molecule has 126 valence electrons. The van der Waals surface area contributed by atoms with Crippen molar-refractivity contribution in [1.29, 1.82) is 0 Å². The lowest BCUT2D eigenvalue weighted by atomic mass is 9.96. The molecular formula is C16H23N3O3S. The van der Waals surface area contributed by atoms with Gasteiger partial charge in [-0.25, -0.2) is 13.1 Å². The molecule has 23 heavy (non-hydrogen) atoms. The molecule has 1 aliphatic carbocycles. The fourth-order valence-corrected chi connectivity index (χ4v) is 4.12. The Morgan fingerprint density at radius 3 is 2.26 bits per heavy atom. The van der Waals surface area contributed by atoms with Crippen LogP contribution in [0.25, 0.3) is 0 Å². The van der Waals surface area contributed by atoms with E-state index in [4.69, 9.17) is 5.73 Å². The van der Waals surface area contributed by atoms with Gasteiger partial charge in [0.2, 0.25) is 10.0 Å². The lowest BCUT2D eigenvalue weighted by molar-refractivity contribution is 0.0693. The first-order valence-corrected chi connectivity index (χ1v) is 9.59. The van der Waals surface area contributed by atoms with Crippen LogP contribution in [0.15, 0.2) is 29.2 Å². The normalized spacial score (nSPS) is 19.8. The maximum Gasteiger partial charge on any atom is 0.253 e. The van der Waals surface area contributed by atoms with Crippen molar-refractivity contribution >= 4 is 15.9 Å². The third-order valence-electron chi connectivity index (χ3n) is 4.55. The summed E-state index contributed by atoms with van der Waals surface area (Å²) in [5, 5.41) is 0. The van der Waals surface area contributed by atoms with Gasteiger partial charge in [-0.05, 0) is 62.4 Å². The molecule has 0 aromatic heterocycles. The number of nitrogens with one attached hydrogen (secondary N) is 1. The fourth-order valence-electron chi connectivity index (χ4n) is 2.82. The average molecular weight is 337 g/mol. The summed E-state index contributed by atoms with van der Waals surface area (Å²) >= 11 is 0. The third-order valence-corrected chi connectivity index (χ3v) is 6.08. The molecule has 1 aromatic carbocycles. The van der Waals surface area contributed by atoms with Gasteiger partial charge in [0.05, 0.1) is 4.90 Å². The van der Waals surface area contributed by atoms with Crippen LogP contribution in [-0.2, 0) is 10.0 Å². The molecule has 1 aromatic rings. The number of carbonyl (C=O) groups is 1. The molecule has 1 aliphatic heterocycles. The molecule has 0 spiro atoms. The highest BCUT2D eigenvalue weighted by Crippen LogP contribution is 2.23. The zero-order valence-corrected chi connectivity index (χ0v) is 13.9. The molecular weight excluding hydrogens is 314 g/mol. The van der Waals surface area contributed by atoms with E-state index in [9.17, 15) is 13.2 Å². The number of amides is 1. The molecule has 1 saturated carbocycles. The van der Waals surface area contributed by atoms with E-state index in [1.165, 1.54) is 12.1 Å². The Labute approximate surface area is 137 Å². The SMILES string of the molecule is NCC1CCN(C(=O)c2ccc(S(=O)(=O)NC3CC3)cc2)CC1. The molecule has 3 rings (SSSR count). The molecule has 7 heteroatoms. The summed E-state index contributed by atoms with van der Waals surface area (Å²) in [6, 6.07) is 6.28. The average Bonchev–Trinajstić information content (AvgIpc) is 3.38. The number of nitrogens with zero attached hydrogens (tertiary/aromatic N) is 1. The van der Waals surface area contributed by atoms with Gasteiger partial charge >= 0.3 is 0 Å². The Bertz CT molecular complexity index is 660. The van der Waals surface area contributed by atoms with Crippen LogP contribution in [-0.4, -0.2) is 44.9 Å². The van der Waals surface area contributed by atoms with E-state index >= 15 is 0 Å². The van der Waals surface area contributed by atoms with Crippen LogP contribution >= 0.6 is 0 Å². The Morgan fingerprint density at radius 2 is 1.74 bits per heavy atom.